The van der Waals surface area contributed by atoms with Crippen LogP contribution in [0, 0.1) is 11.8 Å². The second-order valence-corrected chi connectivity index (χ2v) is 4.99. The second-order valence-electron chi connectivity index (χ2n) is 4.99. The van der Waals surface area contributed by atoms with Gasteiger partial charge in [0.2, 0.25) is 11.8 Å². The molecular formula is C12H20N2O2. The number of nitrogens with one attached hydrogen (secondary N) is 1. The largest absolute Gasteiger partial charge is 0.314 e. The summed E-state index contributed by atoms with van der Waals surface area (Å²) in [5, 5.41) is 3.38. The summed E-state index contributed by atoms with van der Waals surface area (Å²) in [6.07, 6.45) is 3.28. The molecule has 0 aliphatic carbocycles. The van der Waals surface area contributed by atoms with Crippen LogP contribution in [0.5, 0.6) is 0 Å². The van der Waals surface area contributed by atoms with Gasteiger partial charge >= 0.3 is 0 Å². The summed E-state index contributed by atoms with van der Waals surface area (Å²) in [6.45, 7) is 5.35. The summed E-state index contributed by atoms with van der Waals surface area (Å²) in [4.78, 5) is 25.1. The Morgan fingerprint density at radius 1 is 1.25 bits per heavy atom. The van der Waals surface area contributed by atoms with Crippen LogP contribution in [0.2, 0.25) is 0 Å². The number of carbonyl (C=O) groups excluding carboxylic acids is 2. The van der Waals surface area contributed by atoms with E-state index in [1.165, 1.54) is 17.7 Å². The predicted octanol–water partition coefficient (Wildman–Crippen LogP) is 0.770. The van der Waals surface area contributed by atoms with Gasteiger partial charge in [-0.15, -0.1) is 0 Å². The van der Waals surface area contributed by atoms with Gasteiger partial charge in [-0.1, -0.05) is 13.8 Å². The van der Waals surface area contributed by atoms with Gasteiger partial charge in [0.05, 0.1) is 0 Å². The van der Waals surface area contributed by atoms with Gasteiger partial charge in [-0.2, -0.15) is 0 Å². The van der Waals surface area contributed by atoms with Gasteiger partial charge in [-0.3, -0.25) is 14.5 Å². The van der Waals surface area contributed by atoms with Crippen molar-refractivity contribution in [3.8, 4) is 0 Å². The van der Waals surface area contributed by atoms with Gasteiger partial charge in [0.15, 0.2) is 0 Å². The Balaban J connectivity index is 1.89. The third kappa shape index (κ3) is 1.98. The lowest BCUT2D eigenvalue weighted by atomic mass is 10.00. The van der Waals surface area contributed by atoms with E-state index in [0.717, 1.165) is 13.0 Å². The molecule has 2 aliphatic rings. The highest BCUT2D eigenvalue weighted by atomic mass is 16.2. The summed E-state index contributed by atoms with van der Waals surface area (Å²) < 4.78 is 0. The van der Waals surface area contributed by atoms with Crippen molar-refractivity contribution in [1.82, 2.24) is 10.2 Å². The summed E-state index contributed by atoms with van der Waals surface area (Å²) >= 11 is 0. The zero-order valence-corrected chi connectivity index (χ0v) is 10.0. The first-order valence-electron chi connectivity index (χ1n) is 6.20. The molecule has 0 saturated carbocycles. The molecule has 16 heavy (non-hydrogen) atoms. The van der Waals surface area contributed by atoms with Crippen LogP contribution in [-0.4, -0.2) is 35.8 Å². The van der Waals surface area contributed by atoms with E-state index >= 15 is 0 Å². The molecule has 2 fully saturated rings. The van der Waals surface area contributed by atoms with Crippen LogP contribution >= 0.6 is 0 Å². The van der Waals surface area contributed by atoms with Crippen molar-refractivity contribution in [3.05, 3.63) is 0 Å². The number of rotatable bonds is 3. The molecule has 2 heterocycles. The van der Waals surface area contributed by atoms with Gasteiger partial charge in [-0.05, 0) is 25.8 Å². The van der Waals surface area contributed by atoms with Crippen molar-refractivity contribution < 1.29 is 9.59 Å². The van der Waals surface area contributed by atoms with Crippen molar-refractivity contribution in [2.24, 2.45) is 11.8 Å². The maximum atomic E-state index is 11.8. The highest BCUT2D eigenvalue weighted by Gasteiger charge is 2.41. The molecule has 1 N–H and O–H groups in total. The fraction of sp³-hybridized carbons (Fsp3) is 0.833. The number of likely N-dealkylation sites (tertiary alicyclic amines) is 1. The molecule has 2 rings (SSSR count). The SMILES string of the molecule is CC1C(=O)N(CCC2CCCN2)C(=O)C1C. The minimum absolute atomic E-state index is 0.00972. The minimum Gasteiger partial charge on any atom is -0.314 e. The molecule has 90 valence electrons. The van der Waals surface area contributed by atoms with Gasteiger partial charge < -0.3 is 5.32 Å². The molecule has 0 bridgehead atoms. The lowest BCUT2D eigenvalue weighted by molar-refractivity contribution is -0.139. The topological polar surface area (TPSA) is 49.4 Å². The molecule has 4 heteroatoms. The summed E-state index contributed by atoms with van der Waals surface area (Å²) in [7, 11) is 0. The third-order valence-electron chi connectivity index (χ3n) is 3.92. The first-order chi connectivity index (χ1) is 7.61. The van der Waals surface area contributed by atoms with E-state index in [4.69, 9.17) is 0 Å². The number of nitrogens with zero attached hydrogens (tertiary/aromatic N) is 1. The minimum atomic E-state index is -0.135. The van der Waals surface area contributed by atoms with Crippen molar-refractivity contribution in [2.75, 3.05) is 13.1 Å². The standard InChI is InChI=1S/C12H20N2O2/c1-8-9(2)12(16)14(11(8)15)7-5-10-4-3-6-13-10/h8-10,13H,3-7H2,1-2H3. The van der Waals surface area contributed by atoms with E-state index in [9.17, 15) is 9.59 Å². The van der Waals surface area contributed by atoms with E-state index < -0.39 is 0 Å². The first kappa shape index (κ1) is 11.6. The Hall–Kier alpha value is -0.900. The smallest absolute Gasteiger partial charge is 0.232 e. The number of hydrogen-bond acceptors (Lipinski definition) is 3. The molecule has 3 atom stereocenters. The molecule has 3 unspecified atom stereocenters. The zero-order valence-electron chi connectivity index (χ0n) is 10.0. The normalized spacial score (nSPS) is 35.1. The Morgan fingerprint density at radius 3 is 2.38 bits per heavy atom. The zero-order chi connectivity index (χ0) is 11.7. The molecule has 2 amide bonds. The molecule has 2 aliphatic heterocycles. The van der Waals surface area contributed by atoms with Gasteiger partial charge in [0, 0.05) is 24.4 Å². The molecule has 0 spiro atoms. The van der Waals surface area contributed by atoms with Crippen molar-refractivity contribution >= 4 is 11.8 Å². The van der Waals surface area contributed by atoms with Crippen LogP contribution in [0.25, 0.3) is 0 Å². The number of amides is 2. The third-order valence-corrected chi connectivity index (χ3v) is 3.92. The summed E-state index contributed by atoms with van der Waals surface area (Å²) in [5.74, 6) is -0.251. The summed E-state index contributed by atoms with van der Waals surface area (Å²) in [5.41, 5.74) is 0. The Bertz CT molecular complexity index is 277. The molecule has 0 radical (unpaired) electrons. The van der Waals surface area contributed by atoms with Crippen LogP contribution in [0.3, 0.4) is 0 Å². The van der Waals surface area contributed by atoms with Crippen molar-refractivity contribution in [3.63, 3.8) is 0 Å². The quantitative estimate of drug-likeness (QED) is 0.720. The van der Waals surface area contributed by atoms with Crippen LogP contribution in [0.1, 0.15) is 33.1 Å². The highest BCUT2D eigenvalue weighted by molar-refractivity contribution is 6.04. The molecular weight excluding hydrogens is 204 g/mol. The molecule has 4 nitrogen and oxygen atoms in total. The lowest BCUT2D eigenvalue weighted by Crippen LogP contribution is -2.35. The second kappa shape index (κ2) is 4.53. The first-order valence-corrected chi connectivity index (χ1v) is 6.20. The van der Waals surface area contributed by atoms with E-state index in [1.807, 2.05) is 13.8 Å². The molecule has 2 saturated heterocycles. The fourth-order valence-corrected chi connectivity index (χ4v) is 2.54. The average Bonchev–Trinajstić information content (AvgIpc) is 2.84. The number of hydrogen-bond donors (Lipinski definition) is 1. The molecule has 0 aromatic carbocycles. The van der Waals surface area contributed by atoms with Crippen LogP contribution in [-0.2, 0) is 9.59 Å². The van der Waals surface area contributed by atoms with E-state index in [1.54, 1.807) is 0 Å². The Labute approximate surface area is 96.4 Å². The number of carbonyl (C=O) groups is 2. The fourth-order valence-electron chi connectivity index (χ4n) is 2.54. The molecule has 0 aromatic rings. The van der Waals surface area contributed by atoms with Crippen LogP contribution in [0.15, 0.2) is 0 Å². The predicted molar refractivity (Wildman–Crippen MR) is 60.7 cm³/mol. The van der Waals surface area contributed by atoms with E-state index in [0.29, 0.717) is 12.6 Å². The molecule has 0 aromatic heterocycles. The maximum absolute atomic E-state index is 11.8. The Kier molecular flexibility index (Phi) is 3.28. The van der Waals surface area contributed by atoms with Gasteiger partial charge in [0.1, 0.15) is 0 Å². The van der Waals surface area contributed by atoms with Crippen molar-refractivity contribution in [2.45, 2.75) is 39.2 Å². The van der Waals surface area contributed by atoms with Crippen molar-refractivity contribution in [1.29, 1.82) is 0 Å². The van der Waals surface area contributed by atoms with E-state index in [2.05, 4.69) is 5.32 Å². The van der Waals surface area contributed by atoms with Crippen LogP contribution in [0.4, 0.5) is 0 Å². The number of imide groups is 1. The van der Waals surface area contributed by atoms with Gasteiger partial charge in [-0.25, -0.2) is 0 Å². The lowest BCUT2D eigenvalue weighted by Gasteiger charge is -2.17. The average molecular weight is 224 g/mol. The monoisotopic (exact) mass is 224 g/mol. The van der Waals surface area contributed by atoms with E-state index in [-0.39, 0.29) is 23.7 Å². The maximum Gasteiger partial charge on any atom is 0.232 e. The van der Waals surface area contributed by atoms with Crippen LogP contribution < -0.4 is 5.32 Å². The highest BCUT2D eigenvalue weighted by Crippen LogP contribution is 2.25. The Morgan fingerprint density at radius 2 is 1.88 bits per heavy atom. The summed E-state index contributed by atoms with van der Waals surface area (Å²) in [6, 6.07) is 0.492. The van der Waals surface area contributed by atoms with Gasteiger partial charge in [0.25, 0.3) is 0 Å².